The molecular formula is CN4O6S. The largest absolute Gasteiger partial charge is 0.446 e. The highest BCUT2D eigenvalue weighted by Crippen LogP contribution is 2.53. The molecule has 0 saturated carbocycles. The monoisotopic (exact) mass is 196 g/mol. The first-order chi connectivity index (χ1) is 5.66. The minimum absolute atomic E-state index is 1.57. The molecule has 0 bridgehead atoms. The van der Waals surface area contributed by atoms with Crippen LogP contribution in [0.5, 0.6) is 0 Å². The van der Waals surface area contributed by atoms with Gasteiger partial charge in [-0.25, -0.2) is 4.79 Å². The standard InChI is InChI=1S/CN4O6S/c6-1(11-2-7)12(3-8,4-9)5-10. The van der Waals surface area contributed by atoms with E-state index in [1.54, 1.807) is 19.1 Å². The van der Waals surface area contributed by atoms with Crippen molar-refractivity contribution in [1.29, 1.82) is 0 Å². The molecule has 0 heterocycles. The zero-order chi connectivity index (χ0) is 9.61. The van der Waals surface area contributed by atoms with Crippen LogP contribution in [0.2, 0.25) is 0 Å². The van der Waals surface area contributed by atoms with Crippen LogP contribution >= 0.6 is 10.6 Å². The van der Waals surface area contributed by atoms with E-state index in [1.807, 2.05) is 0 Å². The Morgan fingerprint density at radius 2 is 1.42 bits per heavy atom. The molecule has 0 aromatic heterocycles. The van der Waals surface area contributed by atoms with E-state index in [2.05, 4.69) is 4.84 Å². The molecule has 0 aromatic rings. The van der Waals surface area contributed by atoms with Gasteiger partial charge in [0, 0.05) is 13.7 Å². The summed E-state index contributed by atoms with van der Waals surface area (Å²) in [5.74, 6) is 0. The van der Waals surface area contributed by atoms with Gasteiger partial charge in [-0.05, 0) is 0 Å². The van der Waals surface area contributed by atoms with E-state index < -0.39 is 15.9 Å². The Balaban J connectivity index is 4.81. The van der Waals surface area contributed by atoms with Crippen LogP contribution in [0.1, 0.15) is 0 Å². The second-order valence-electron chi connectivity index (χ2n) is 1.16. The predicted molar refractivity (Wildman–Crippen MR) is 37.3 cm³/mol. The molecule has 10 nitrogen and oxygen atoms in total. The molecule has 0 aliphatic rings. The molecule has 0 aromatic carbocycles. The molecule has 0 rings (SSSR count). The minimum Gasteiger partial charge on any atom is -0.269 e. The minimum atomic E-state index is -4.20. The Morgan fingerprint density at radius 3 is 1.67 bits per heavy atom. The fourth-order valence-corrected chi connectivity index (χ4v) is 0.607. The molecule has 12 heavy (non-hydrogen) atoms. The third kappa shape index (κ3) is 1.63. The van der Waals surface area contributed by atoms with E-state index in [0.717, 1.165) is 0 Å². The van der Waals surface area contributed by atoms with Gasteiger partial charge < -0.3 is 0 Å². The predicted octanol–water partition coefficient (Wildman–Crippen LogP) is 1.65. The van der Waals surface area contributed by atoms with Crippen molar-refractivity contribution in [2.45, 2.75) is 0 Å². The van der Waals surface area contributed by atoms with Crippen molar-refractivity contribution >= 4 is 15.9 Å². The SMILES string of the molecule is O=NOC(=O)S(N=O)(N=O)N=O. The molecule has 0 saturated heterocycles. The highest BCUT2D eigenvalue weighted by Gasteiger charge is 2.42. The van der Waals surface area contributed by atoms with Crippen molar-refractivity contribution in [1.82, 2.24) is 0 Å². The zero-order valence-electron chi connectivity index (χ0n) is 5.15. The van der Waals surface area contributed by atoms with Gasteiger partial charge in [0.25, 0.3) is 10.6 Å². The second-order valence-corrected chi connectivity index (χ2v) is 2.98. The van der Waals surface area contributed by atoms with Gasteiger partial charge in [-0.15, -0.1) is 19.6 Å². The summed E-state index contributed by atoms with van der Waals surface area (Å²) in [5, 5.41) is -0.293. The normalized spacial score (nSPS) is 11.0. The number of rotatable bonds is 4. The summed E-state index contributed by atoms with van der Waals surface area (Å²) < 4.78 is 5.33. The lowest BCUT2D eigenvalue weighted by molar-refractivity contribution is 0.177. The fraction of sp³-hybridized carbons (Fsp3) is 0. The van der Waals surface area contributed by atoms with E-state index in [1.165, 1.54) is 0 Å². The van der Waals surface area contributed by atoms with Crippen LogP contribution < -0.4 is 0 Å². The molecule has 0 N–H and O–H groups in total. The maximum Gasteiger partial charge on any atom is 0.446 e. The van der Waals surface area contributed by atoms with Crippen LogP contribution in [0.4, 0.5) is 4.79 Å². The molecule has 0 unspecified atom stereocenters. The molecule has 0 amide bonds. The molecule has 0 aliphatic carbocycles. The maximum absolute atomic E-state index is 10.4. The summed E-state index contributed by atoms with van der Waals surface area (Å²) in [6.07, 6.45) is 0. The van der Waals surface area contributed by atoms with Crippen LogP contribution in [0.3, 0.4) is 0 Å². The molecular weight excluding hydrogens is 196 g/mol. The lowest BCUT2D eigenvalue weighted by Crippen LogP contribution is -2.03. The first-order valence-electron chi connectivity index (χ1n) is 2.07. The van der Waals surface area contributed by atoms with Gasteiger partial charge in [0.1, 0.15) is 0 Å². The molecule has 11 heteroatoms. The van der Waals surface area contributed by atoms with Gasteiger partial charge in [-0.3, -0.25) is 4.84 Å². The molecule has 0 radical (unpaired) electrons. The van der Waals surface area contributed by atoms with Crippen LogP contribution in [0.15, 0.2) is 19.1 Å². The zero-order valence-corrected chi connectivity index (χ0v) is 5.96. The highest BCUT2D eigenvalue weighted by atomic mass is 32.3. The Kier molecular flexibility index (Phi) is 3.55. The molecule has 66 valence electrons. The third-order valence-electron chi connectivity index (χ3n) is 0.647. The molecule has 0 aliphatic heterocycles. The maximum atomic E-state index is 10.4. The van der Waals surface area contributed by atoms with Gasteiger partial charge >= 0.3 is 5.30 Å². The van der Waals surface area contributed by atoms with Crippen LogP contribution in [0, 0.1) is 19.6 Å². The van der Waals surface area contributed by atoms with Crippen molar-refractivity contribution < 1.29 is 9.63 Å². The molecule has 0 fully saturated rings. The number of nitroso groups, excluding NO2 is 3. The second kappa shape index (κ2) is 4.17. The number of carbonyl (C=O) groups excluding carboxylic acids is 1. The van der Waals surface area contributed by atoms with Gasteiger partial charge in [0.15, 0.2) is 5.34 Å². The van der Waals surface area contributed by atoms with Crippen molar-refractivity contribution in [3.63, 3.8) is 0 Å². The molecule has 0 atom stereocenters. The lowest BCUT2D eigenvalue weighted by atomic mass is 11.6. The Bertz CT molecular complexity index is 216. The van der Waals surface area contributed by atoms with Gasteiger partial charge in [-0.2, -0.15) is 0 Å². The lowest BCUT2D eigenvalue weighted by Gasteiger charge is -2.05. The summed E-state index contributed by atoms with van der Waals surface area (Å²) in [5.41, 5.74) is 0. The molecule has 0 spiro atoms. The Morgan fingerprint density at radius 1 is 1.00 bits per heavy atom. The van der Waals surface area contributed by atoms with Crippen molar-refractivity contribution in [3.8, 4) is 0 Å². The van der Waals surface area contributed by atoms with Crippen LogP contribution in [-0.2, 0) is 4.84 Å². The fourth-order valence-electron chi connectivity index (χ4n) is 0.213. The number of carbonyl (C=O) groups is 1. The van der Waals surface area contributed by atoms with Crippen molar-refractivity contribution in [2.24, 2.45) is 19.1 Å². The smallest absolute Gasteiger partial charge is 0.269 e. The summed E-state index contributed by atoms with van der Waals surface area (Å²) in [4.78, 5) is 52.2. The first kappa shape index (κ1) is 10.2. The average molecular weight is 196 g/mol. The number of hydrogen-bond acceptors (Lipinski definition) is 10. The summed E-state index contributed by atoms with van der Waals surface area (Å²) in [6.45, 7) is 0. The first-order valence-corrected chi connectivity index (χ1v) is 3.58. The van der Waals surface area contributed by atoms with E-state index in [4.69, 9.17) is 0 Å². The van der Waals surface area contributed by atoms with E-state index >= 15 is 0 Å². The highest BCUT2D eigenvalue weighted by molar-refractivity contribution is 8.41. The Hall–Kier alpha value is -1.78. The van der Waals surface area contributed by atoms with Gasteiger partial charge in [0.05, 0.1) is 0 Å². The van der Waals surface area contributed by atoms with E-state index in [0.29, 0.717) is 0 Å². The van der Waals surface area contributed by atoms with Crippen molar-refractivity contribution in [2.75, 3.05) is 0 Å². The summed E-state index contributed by atoms with van der Waals surface area (Å²) in [6, 6.07) is 0. The number of nitrogens with zero attached hydrogens (tertiary/aromatic N) is 4. The van der Waals surface area contributed by atoms with E-state index in [9.17, 15) is 24.4 Å². The van der Waals surface area contributed by atoms with Crippen LogP contribution in [0.25, 0.3) is 0 Å². The summed E-state index contributed by atoms with van der Waals surface area (Å²) >= 11 is 0. The van der Waals surface area contributed by atoms with Gasteiger partial charge in [0.2, 0.25) is 0 Å². The van der Waals surface area contributed by atoms with Crippen molar-refractivity contribution in [3.05, 3.63) is 19.6 Å². The van der Waals surface area contributed by atoms with Gasteiger partial charge in [-0.1, -0.05) is 0 Å². The number of hydrogen-bond donors (Lipinski definition) is 0. The Labute approximate surface area is 65.2 Å². The average Bonchev–Trinajstić information content (AvgIpc) is 2.09. The third-order valence-corrected chi connectivity index (χ3v) is 1.79. The van der Waals surface area contributed by atoms with Crippen LogP contribution in [-0.4, -0.2) is 5.30 Å². The summed E-state index contributed by atoms with van der Waals surface area (Å²) in [7, 11) is -4.20. The topological polar surface area (TPSA) is 144 Å². The van der Waals surface area contributed by atoms with E-state index in [-0.39, 0.29) is 0 Å². The quantitative estimate of drug-likeness (QED) is 0.493.